The number of ether oxygens (including phenoxy) is 1. The van der Waals surface area contributed by atoms with Crippen LogP contribution in [0.15, 0.2) is 29.6 Å². The Labute approximate surface area is 124 Å². The van der Waals surface area contributed by atoms with Crippen molar-refractivity contribution < 1.29 is 9.84 Å². The van der Waals surface area contributed by atoms with Crippen molar-refractivity contribution in [3.8, 4) is 0 Å². The Balaban J connectivity index is 1.53. The molecule has 108 valence electrons. The highest BCUT2D eigenvalue weighted by Crippen LogP contribution is 2.35. The van der Waals surface area contributed by atoms with Gasteiger partial charge in [-0.15, -0.1) is 11.3 Å². The Bertz CT molecular complexity index is 557. The second-order valence-corrected chi connectivity index (χ2v) is 6.68. The summed E-state index contributed by atoms with van der Waals surface area (Å²) < 4.78 is 6.89. The first-order valence-corrected chi connectivity index (χ1v) is 8.39. The fraction of sp³-hybridized carbons (Fsp3) is 0.529. The van der Waals surface area contributed by atoms with Crippen LogP contribution >= 0.6 is 11.3 Å². The van der Waals surface area contributed by atoms with Crippen LogP contribution in [0.25, 0.3) is 10.1 Å². The van der Waals surface area contributed by atoms with E-state index in [1.807, 2.05) is 6.92 Å². The Morgan fingerprint density at radius 1 is 1.35 bits per heavy atom. The van der Waals surface area contributed by atoms with Crippen molar-refractivity contribution in [2.45, 2.75) is 44.8 Å². The van der Waals surface area contributed by atoms with Crippen molar-refractivity contribution in [1.29, 1.82) is 0 Å². The molecule has 1 saturated carbocycles. The Morgan fingerprint density at radius 3 is 2.95 bits per heavy atom. The number of hydrogen-bond acceptors (Lipinski definition) is 3. The lowest BCUT2D eigenvalue weighted by Crippen LogP contribution is -2.34. The lowest BCUT2D eigenvalue weighted by atomic mass is 9.78. The number of aliphatic hydroxyl groups excluding tert-OH is 1. The van der Waals surface area contributed by atoms with Crippen molar-refractivity contribution in [3.05, 3.63) is 35.2 Å². The van der Waals surface area contributed by atoms with Gasteiger partial charge in [-0.25, -0.2) is 0 Å². The van der Waals surface area contributed by atoms with E-state index in [1.54, 1.807) is 11.3 Å². The van der Waals surface area contributed by atoms with Gasteiger partial charge in [0.2, 0.25) is 0 Å². The Hall–Kier alpha value is -0.900. The molecule has 3 heteroatoms. The number of rotatable bonds is 6. The molecule has 0 radical (unpaired) electrons. The van der Waals surface area contributed by atoms with E-state index < -0.39 is 0 Å². The fourth-order valence-electron chi connectivity index (χ4n) is 3.15. The Kier molecular flexibility index (Phi) is 4.39. The molecule has 1 N–H and O–H groups in total. The standard InChI is InChI=1S/C17H22O2S/c1-2-19-15-8-12(9-15)7-14(18)10-13-11-20-17-6-4-3-5-16(13)17/h3-6,11-12,14-15,18H,2,7-10H2,1H3. The van der Waals surface area contributed by atoms with Crippen LogP contribution in [-0.2, 0) is 11.2 Å². The van der Waals surface area contributed by atoms with Crippen molar-refractivity contribution >= 4 is 21.4 Å². The molecule has 0 aliphatic heterocycles. The van der Waals surface area contributed by atoms with Crippen molar-refractivity contribution in [1.82, 2.24) is 0 Å². The number of benzene rings is 1. The van der Waals surface area contributed by atoms with Crippen LogP contribution in [0.2, 0.25) is 0 Å². The quantitative estimate of drug-likeness (QED) is 0.871. The van der Waals surface area contributed by atoms with E-state index in [-0.39, 0.29) is 6.10 Å². The van der Waals surface area contributed by atoms with Gasteiger partial charge in [-0.05, 0) is 60.9 Å². The topological polar surface area (TPSA) is 29.5 Å². The summed E-state index contributed by atoms with van der Waals surface area (Å²) in [5.74, 6) is 0.645. The third kappa shape index (κ3) is 3.05. The van der Waals surface area contributed by atoms with Gasteiger partial charge >= 0.3 is 0 Å². The van der Waals surface area contributed by atoms with Gasteiger partial charge in [0.05, 0.1) is 12.2 Å². The van der Waals surface area contributed by atoms with E-state index >= 15 is 0 Å². The van der Waals surface area contributed by atoms with Gasteiger partial charge in [-0.2, -0.15) is 0 Å². The highest BCUT2D eigenvalue weighted by Gasteiger charge is 2.31. The average molecular weight is 290 g/mol. The minimum atomic E-state index is -0.222. The third-order valence-electron chi connectivity index (χ3n) is 4.22. The van der Waals surface area contributed by atoms with Crippen molar-refractivity contribution in [3.63, 3.8) is 0 Å². The fourth-order valence-corrected chi connectivity index (χ4v) is 4.13. The summed E-state index contributed by atoms with van der Waals surface area (Å²) in [6.45, 7) is 2.85. The molecule has 1 aliphatic rings. The molecule has 1 fully saturated rings. The van der Waals surface area contributed by atoms with E-state index in [4.69, 9.17) is 4.74 Å². The molecule has 1 aromatic carbocycles. The zero-order valence-corrected chi connectivity index (χ0v) is 12.7. The summed E-state index contributed by atoms with van der Waals surface area (Å²) in [7, 11) is 0. The summed E-state index contributed by atoms with van der Waals surface area (Å²) in [5, 5.41) is 13.8. The molecule has 20 heavy (non-hydrogen) atoms. The molecule has 1 aromatic heterocycles. The third-order valence-corrected chi connectivity index (χ3v) is 5.23. The van der Waals surface area contributed by atoms with Gasteiger partial charge in [-0.3, -0.25) is 0 Å². The van der Waals surface area contributed by atoms with Crippen LogP contribution in [-0.4, -0.2) is 23.9 Å². The van der Waals surface area contributed by atoms with E-state index in [2.05, 4.69) is 29.6 Å². The molecule has 0 spiro atoms. The number of hydrogen-bond donors (Lipinski definition) is 1. The minimum Gasteiger partial charge on any atom is -0.393 e. The summed E-state index contributed by atoms with van der Waals surface area (Å²) in [4.78, 5) is 0. The van der Waals surface area contributed by atoms with Gasteiger partial charge in [0.25, 0.3) is 0 Å². The molecule has 2 aromatic rings. The maximum Gasteiger partial charge on any atom is 0.0583 e. The second kappa shape index (κ2) is 6.25. The predicted molar refractivity (Wildman–Crippen MR) is 84.3 cm³/mol. The lowest BCUT2D eigenvalue weighted by Gasteiger charge is -2.36. The summed E-state index contributed by atoms with van der Waals surface area (Å²) in [6, 6.07) is 8.45. The normalized spacial score (nSPS) is 23.7. The zero-order valence-electron chi connectivity index (χ0n) is 11.9. The molecule has 3 rings (SSSR count). The zero-order chi connectivity index (χ0) is 13.9. The molecule has 1 heterocycles. The first-order valence-electron chi connectivity index (χ1n) is 7.51. The molecule has 0 bridgehead atoms. The highest BCUT2D eigenvalue weighted by atomic mass is 32.1. The van der Waals surface area contributed by atoms with Crippen molar-refractivity contribution in [2.24, 2.45) is 5.92 Å². The van der Waals surface area contributed by atoms with Crippen LogP contribution in [0, 0.1) is 5.92 Å². The average Bonchev–Trinajstić information content (AvgIpc) is 2.80. The number of aliphatic hydroxyl groups is 1. The molecule has 1 unspecified atom stereocenters. The second-order valence-electron chi connectivity index (χ2n) is 5.77. The molecular formula is C17H22O2S. The molecule has 0 saturated heterocycles. The number of thiophene rings is 1. The maximum absolute atomic E-state index is 10.3. The summed E-state index contributed by atoms with van der Waals surface area (Å²) in [5.41, 5.74) is 1.29. The first-order chi connectivity index (χ1) is 9.76. The van der Waals surface area contributed by atoms with Crippen LogP contribution < -0.4 is 0 Å². The number of fused-ring (bicyclic) bond motifs is 1. The van der Waals surface area contributed by atoms with E-state index in [0.29, 0.717) is 12.0 Å². The van der Waals surface area contributed by atoms with Gasteiger partial charge < -0.3 is 9.84 Å². The molecule has 2 nitrogen and oxygen atoms in total. The largest absolute Gasteiger partial charge is 0.393 e. The van der Waals surface area contributed by atoms with E-state index in [1.165, 1.54) is 15.6 Å². The minimum absolute atomic E-state index is 0.222. The van der Waals surface area contributed by atoms with Gasteiger partial charge in [0, 0.05) is 11.3 Å². The van der Waals surface area contributed by atoms with Gasteiger partial charge in [0.15, 0.2) is 0 Å². The van der Waals surface area contributed by atoms with E-state index in [0.717, 1.165) is 32.3 Å². The Morgan fingerprint density at radius 2 is 2.15 bits per heavy atom. The highest BCUT2D eigenvalue weighted by molar-refractivity contribution is 7.17. The predicted octanol–water partition coefficient (Wildman–Crippen LogP) is 4.01. The lowest BCUT2D eigenvalue weighted by molar-refractivity contribution is -0.0375. The molecular weight excluding hydrogens is 268 g/mol. The SMILES string of the molecule is CCOC1CC(CC(O)Cc2csc3ccccc23)C1. The maximum atomic E-state index is 10.3. The van der Waals surface area contributed by atoms with Crippen LogP contribution in [0.4, 0.5) is 0 Å². The monoisotopic (exact) mass is 290 g/mol. The van der Waals surface area contributed by atoms with Gasteiger partial charge in [0.1, 0.15) is 0 Å². The summed E-state index contributed by atoms with van der Waals surface area (Å²) >= 11 is 1.77. The molecule has 0 amide bonds. The van der Waals surface area contributed by atoms with Crippen molar-refractivity contribution in [2.75, 3.05) is 6.61 Å². The van der Waals surface area contributed by atoms with Crippen LogP contribution in [0.1, 0.15) is 31.7 Å². The molecule has 1 atom stereocenters. The first kappa shape index (κ1) is 14.1. The van der Waals surface area contributed by atoms with Gasteiger partial charge in [-0.1, -0.05) is 18.2 Å². The van der Waals surface area contributed by atoms with E-state index in [9.17, 15) is 5.11 Å². The smallest absolute Gasteiger partial charge is 0.0583 e. The molecule has 1 aliphatic carbocycles. The summed E-state index contributed by atoms with van der Waals surface area (Å²) in [6.07, 6.45) is 4.15. The van der Waals surface area contributed by atoms with Crippen LogP contribution in [0.3, 0.4) is 0 Å². The van der Waals surface area contributed by atoms with Crippen LogP contribution in [0.5, 0.6) is 0 Å².